The second-order valence-corrected chi connectivity index (χ2v) is 17.6. The molecule has 5 rings (SSSR count). The highest BCUT2D eigenvalue weighted by molar-refractivity contribution is 5.75. The highest BCUT2D eigenvalue weighted by Crippen LogP contribution is 2.67. The molecule has 0 bridgehead atoms. The predicted octanol–water partition coefficient (Wildman–Crippen LogP) is 9.02. The summed E-state index contributed by atoms with van der Waals surface area (Å²) in [6.07, 6.45) is 11.6. The zero-order chi connectivity index (χ0) is 32.9. The molecule has 0 aromatic rings. The summed E-state index contributed by atoms with van der Waals surface area (Å²) in [4.78, 5) is 26.2. The average molecular weight is 631 g/mol. The molecule has 3 saturated carbocycles. The fourth-order valence-corrected chi connectivity index (χ4v) is 10.3. The van der Waals surface area contributed by atoms with Gasteiger partial charge in [0.05, 0.1) is 6.61 Å². The maximum absolute atomic E-state index is 13.2. The summed E-state index contributed by atoms with van der Waals surface area (Å²) in [5, 5.41) is 0. The van der Waals surface area contributed by atoms with Gasteiger partial charge in [-0.25, -0.2) is 9.59 Å². The van der Waals surface area contributed by atoms with E-state index in [2.05, 4.69) is 40.7 Å². The van der Waals surface area contributed by atoms with Gasteiger partial charge >= 0.3 is 12.1 Å². The summed E-state index contributed by atoms with van der Waals surface area (Å²) in [7, 11) is 0. The molecule has 7 nitrogen and oxygen atoms in total. The molecule has 256 valence electrons. The first-order valence-corrected chi connectivity index (χ1v) is 18.0. The Morgan fingerprint density at radius 3 is 2.33 bits per heavy atom. The van der Waals surface area contributed by atoms with E-state index in [0.29, 0.717) is 30.1 Å². The summed E-state index contributed by atoms with van der Waals surface area (Å²) < 4.78 is 29.4. The smallest absolute Gasteiger partial charge is 0.460 e. The average Bonchev–Trinajstić information content (AvgIpc) is 3.46. The molecule has 4 aliphatic carbocycles. The largest absolute Gasteiger partial charge is 0.509 e. The molecule has 45 heavy (non-hydrogen) atoms. The fraction of sp³-hybridized carbons (Fsp3) is 0.895. The van der Waals surface area contributed by atoms with Crippen LogP contribution in [0.15, 0.2) is 11.6 Å². The lowest BCUT2D eigenvalue weighted by Gasteiger charge is -2.59. The van der Waals surface area contributed by atoms with Gasteiger partial charge in [0.2, 0.25) is 0 Å². The Hall–Kier alpha value is -1.60. The molecular weight excluding hydrogens is 568 g/mol. The summed E-state index contributed by atoms with van der Waals surface area (Å²) in [6, 6.07) is 0. The van der Waals surface area contributed by atoms with Gasteiger partial charge in [0, 0.05) is 12.3 Å². The van der Waals surface area contributed by atoms with Crippen LogP contribution in [-0.2, 0) is 28.5 Å². The van der Waals surface area contributed by atoms with Gasteiger partial charge in [-0.05, 0) is 120 Å². The van der Waals surface area contributed by atoms with Crippen LogP contribution in [0.5, 0.6) is 0 Å². The van der Waals surface area contributed by atoms with Crippen LogP contribution in [0.2, 0.25) is 0 Å². The van der Waals surface area contributed by atoms with Crippen molar-refractivity contribution in [1.29, 1.82) is 0 Å². The van der Waals surface area contributed by atoms with E-state index in [9.17, 15) is 9.59 Å². The van der Waals surface area contributed by atoms with Crippen LogP contribution in [0.4, 0.5) is 4.79 Å². The second kappa shape index (κ2) is 12.8. The van der Waals surface area contributed by atoms with E-state index in [1.807, 2.05) is 34.6 Å². The highest BCUT2D eigenvalue weighted by atomic mass is 16.8. The Bertz CT molecular complexity index is 1120. The van der Waals surface area contributed by atoms with Crippen molar-refractivity contribution in [2.45, 2.75) is 163 Å². The molecule has 7 heteroatoms. The minimum atomic E-state index is -0.775. The standard InChI is InChI=1S/C38H62O7/c1-23(2)12-11-13-24(3)27-14-15-28-32-29(17-19-38(27,28)10)37(9)18-16-26(42-33(39)31-22-41-36(7,8)44-31)20-25(37)21-30(32)43-34(40)45-35(4,5)6/h21,23-24,26-32H,11-20,22H2,1-10H3. The minimum Gasteiger partial charge on any atom is -0.460 e. The monoisotopic (exact) mass is 630 g/mol. The molecule has 0 spiro atoms. The van der Waals surface area contributed by atoms with Gasteiger partial charge in [-0.2, -0.15) is 0 Å². The van der Waals surface area contributed by atoms with E-state index < -0.39 is 23.6 Å². The fourth-order valence-electron chi connectivity index (χ4n) is 10.3. The van der Waals surface area contributed by atoms with E-state index in [1.165, 1.54) is 44.1 Å². The van der Waals surface area contributed by atoms with Gasteiger partial charge in [0.15, 0.2) is 11.9 Å². The molecule has 1 saturated heterocycles. The molecular formula is C38H62O7. The predicted molar refractivity (Wildman–Crippen MR) is 174 cm³/mol. The number of hydrogen-bond donors (Lipinski definition) is 0. The molecule has 4 fully saturated rings. The normalized spacial score (nSPS) is 39.7. The zero-order valence-electron chi connectivity index (χ0n) is 29.9. The van der Waals surface area contributed by atoms with Crippen molar-refractivity contribution < 1.29 is 33.3 Å². The number of ether oxygens (including phenoxy) is 5. The first kappa shape index (κ1) is 34.7. The topological polar surface area (TPSA) is 80.3 Å². The quantitative estimate of drug-likeness (QED) is 0.196. The number of esters is 1. The number of hydrogen-bond acceptors (Lipinski definition) is 7. The van der Waals surface area contributed by atoms with Crippen molar-refractivity contribution in [3.8, 4) is 0 Å². The SMILES string of the molecule is CC(C)CCCC(C)C1CCC2C3C(OC(=O)OC(C)(C)C)C=C4CC(OC(=O)C5COC(C)(C)O5)CCC4(C)C3CCC12C. The molecule has 10 atom stereocenters. The van der Waals surface area contributed by atoms with Crippen molar-refractivity contribution in [3.05, 3.63) is 11.6 Å². The van der Waals surface area contributed by atoms with Gasteiger partial charge < -0.3 is 23.7 Å². The van der Waals surface area contributed by atoms with Gasteiger partial charge in [0.1, 0.15) is 17.8 Å². The third-order valence-corrected chi connectivity index (χ3v) is 12.4. The minimum absolute atomic E-state index is 0.00137. The van der Waals surface area contributed by atoms with Crippen LogP contribution in [-0.4, -0.2) is 48.4 Å². The van der Waals surface area contributed by atoms with E-state index in [4.69, 9.17) is 23.7 Å². The number of fused-ring (bicyclic) bond motifs is 5. The Morgan fingerprint density at radius 2 is 1.69 bits per heavy atom. The molecule has 0 aromatic heterocycles. The van der Waals surface area contributed by atoms with Crippen molar-refractivity contribution >= 4 is 12.1 Å². The van der Waals surface area contributed by atoms with E-state index in [1.54, 1.807) is 0 Å². The van der Waals surface area contributed by atoms with Crippen LogP contribution >= 0.6 is 0 Å². The zero-order valence-corrected chi connectivity index (χ0v) is 29.9. The third-order valence-electron chi connectivity index (χ3n) is 12.4. The van der Waals surface area contributed by atoms with E-state index in [-0.39, 0.29) is 41.5 Å². The Kier molecular flexibility index (Phi) is 9.86. The lowest BCUT2D eigenvalue weighted by atomic mass is 9.46. The first-order valence-electron chi connectivity index (χ1n) is 18.0. The number of rotatable bonds is 8. The van der Waals surface area contributed by atoms with Gasteiger partial charge in [-0.3, -0.25) is 0 Å². The molecule has 0 radical (unpaired) electrons. The lowest BCUT2D eigenvalue weighted by molar-refractivity contribution is -0.176. The molecule has 5 aliphatic rings. The van der Waals surface area contributed by atoms with Gasteiger partial charge in [-0.15, -0.1) is 0 Å². The van der Waals surface area contributed by atoms with Crippen LogP contribution in [0.1, 0.15) is 133 Å². The summed E-state index contributed by atoms with van der Waals surface area (Å²) >= 11 is 0. The summed E-state index contributed by atoms with van der Waals surface area (Å²) in [5.41, 5.74) is 0.895. The lowest BCUT2D eigenvalue weighted by Crippen LogP contribution is -2.56. The maximum atomic E-state index is 13.2. The van der Waals surface area contributed by atoms with E-state index >= 15 is 0 Å². The molecule has 10 unspecified atom stereocenters. The molecule has 0 N–H and O–H groups in total. The number of carbonyl (C=O) groups is 2. The van der Waals surface area contributed by atoms with Crippen LogP contribution < -0.4 is 0 Å². The van der Waals surface area contributed by atoms with Crippen molar-refractivity contribution in [1.82, 2.24) is 0 Å². The Morgan fingerprint density at radius 1 is 0.956 bits per heavy atom. The molecule has 0 aromatic carbocycles. The highest BCUT2D eigenvalue weighted by Gasteiger charge is 2.62. The van der Waals surface area contributed by atoms with Crippen molar-refractivity contribution in [2.75, 3.05) is 6.61 Å². The van der Waals surface area contributed by atoms with Crippen molar-refractivity contribution in [2.24, 2.45) is 46.3 Å². The summed E-state index contributed by atoms with van der Waals surface area (Å²) in [5.74, 6) is 2.24. The molecule has 1 heterocycles. The van der Waals surface area contributed by atoms with Gasteiger partial charge in [-0.1, -0.05) is 59.5 Å². The van der Waals surface area contributed by atoms with Gasteiger partial charge in [0.25, 0.3) is 0 Å². The Labute approximate surface area is 272 Å². The van der Waals surface area contributed by atoms with Crippen LogP contribution in [0.25, 0.3) is 0 Å². The molecule has 0 amide bonds. The molecule has 1 aliphatic heterocycles. The van der Waals surface area contributed by atoms with Crippen LogP contribution in [0.3, 0.4) is 0 Å². The second-order valence-electron chi connectivity index (χ2n) is 17.6. The first-order chi connectivity index (χ1) is 20.9. The van der Waals surface area contributed by atoms with Crippen molar-refractivity contribution in [3.63, 3.8) is 0 Å². The summed E-state index contributed by atoms with van der Waals surface area (Å²) in [6.45, 7) is 21.6. The van der Waals surface area contributed by atoms with E-state index in [0.717, 1.165) is 25.2 Å². The maximum Gasteiger partial charge on any atom is 0.509 e. The third kappa shape index (κ3) is 7.29. The van der Waals surface area contributed by atoms with Crippen LogP contribution in [0, 0.1) is 46.3 Å². The Balaban J connectivity index is 1.38. The number of carbonyl (C=O) groups excluding carboxylic acids is 2.